The van der Waals surface area contributed by atoms with Crippen molar-refractivity contribution in [1.29, 1.82) is 5.26 Å². The van der Waals surface area contributed by atoms with E-state index in [4.69, 9.17) is 14.6 Å². The zero-order valence-electron chi connectivity index (χ0n) is 13.8. The number of benzene rings is 1. The molecule has 9 nitrogen and oxygen atoms in total. The van der Waals surface area contributed by atoms with Gasteiger partial charge in [0.25, 0.3) is 5.19 Å². The largest absolute Gasteiger partial charge is 0.497 e. The lowest BCUT2D eigenvalue weighted by Gasteiger charge is -2.14. The molecule has 2 heterocycles. The summed E-state index contributed by atoms with van der Waals surface area (Å²) in [5, 5.41) is 39.7. The monoisotopic (exact) mass is 390 g/mol. The van der Waals surface area contributed by atoms with Crippen molar-refractivity contribution in [2.75, 3.05) is 19.5 Å². The summed E-state index contributed by atoms with van der Waals surface area (Å²) in [4.78, 5) is 0. The Kier molecular flexibility index (Phi) is 5.57. The van der Waals surface area contributed by atoms with Crippen molar-refractivity contribution < 1.29 is 14.6 Å². The van der Waals surface area contributed by atoms with Gasteiger partial charge in [-0.15, -0.1) is 20.4 Å². The zero-order valence-corrected chi connectivity index (χ0v) is 15.5. The first-order valence-electron chi connectivity index (χ1n) is 7.33. The van der Waals surface area contributed by atoms with Gasteiger partial charge in [0.15, 0.2) is 0 Å². The number of aliphatic hydroxyl groups is 1. The van der Waals surface area contributed by atoms with Crippen LogP contribution in [0.4, 0.5) is 10.8 Å². The first kappa shape index (κ1) is 18.0. The summed E-state index contributed by atoms with van der Waals surface area (Å²) in [6, 6.07) is 7.57. The predicted molar refractivity (Wildman–Crippen MR) is 96.0 cm³/mol. The Morgan fingerprint density at radius 3 is 2.65 bits per heavy atom. The molecule has 0 saturated heterocycles. The second-order valence-electron chi connectivity index (χ2n) is 4.91. The maximum Gasteiger partial charge on any atom is 0.293 e. The van der Waals surface area contributed by atoms with E-state index < -0.39 is 5.92 Å². The molecule has 0 aliphatic heterocycles. The van der Waals surface area contributed by atoms with Gasteiger partial charge in [-0.3, -0.25) is 0 Å². The Morgan fingerprint density at radius 1 is 1.19 bits per heavy atom. The number of nitrogens with zero attached hydrogens (tertiary/aromatic N) is 5. The van der Waals surface area contributed by atoms with Crippen molar-refractivity contribution in [3.05, 3.63) is 33.8 Å². The van der Waals surface area contributed by atoms with E-state index in [-0.39, 0.29) is 6.61 Å². The molecule has 26 heavy (non-hydrogen) atoms. The Morgan fingerprint density at radius 2 is 2.04 bits per heavy atom. The van der Waals surface area contributed by atoms with Crippen LogP contribution in [0.15, 0.2) is 18.2 Å². The molecule has 11 heteroatoms. The fourth-order valence-electron chi connectivity index (χ4n) is 2.18. The van der Waals surface area contributed by atoms with Gasteiger partial charge in [0.1, 0.15) is 21.7 Å². The summed E-state index contributed by atoms with van der Waals surface area (Å²) in [6.45, 7) is -0.180. The van der Waals surface area contributed by atoms with E-state index in [1.54, 1.807) is 25.3 Å². The van der Waals surface area contributed by atoms with E-state index in [9.17, 15) is 5.26 Å². The summed E-state index contributed by atoms with van der Waals surface area (Å²) >= 11 is 2.43. The van der Waals surface area contributed by atoms with Crippen molar-refractivity contribution in [3.63, 3.8) is 0 Å². The number of hydrogen-bond acceptors (Lipinski definition) is 11. The van der Waals surface area contributed by atoms with Crippen molar-refractivity contribution in [3.8, 4) is 17.0 Å². The van der Waals surface area contributed by atoms with Crippen molar-refractivity contribution >= 4 is 33.5 Å². The minimum absolute atomic E-state index is 0.180. The number of nitriles is 1. The topological polar surface area (TPSA) is 126 Å². The van der Waals surface area contributed by atoms with Crippen molar-refractivity contribution in [2.45, 2.75) is 12.5 Å². The van der Waals surface area contributed by atoms with Gasteiger partial charge >= 0.3 is 0 Å². The van der Waals surface area contributed by atoms with E-state index in [1.165, 1.54) is 29.8 Å². The lowest BCUT2D eigenvalue weighted by atomic mass is 9.99. The standard InChI is InChI=1S/C15H14N6O3S2/c1-23-8-3-4-11(17-14-20-18-12(7-22)25-14)9(5-8)10(6-16)13-19-21-15(24-2)26-13/h3-5,10,22H,7H2,1-2H3,(H,17,20). The van der Waals surface area contributed by atoms with E-state index in [0.717, 1.165) is 0 Å². The number of aliphatic hydroxyl groups excluding tert-OH is 1. The molecule has 0 aliphatic carbocycles. The summed E-state index contributed by atoms with van der Waals surface area (Å²) in [5.41, 5.74) is 1.32. The Balaban J connectivity index is 2.00. The third kappa shape index (κ3) is 3.72. The molecule has 1 atom stereocenters. The number of anilines is 2. The molecule has 2 aromatic heterocycles. The van der Waals surface area contributed by atoms with Crippen molar-refractivity contribution in [1.82, 2.24) is 20.4 Å². The first-order chi connectivity index (χ1) is 12.7. The molecule has 3 aromatic rings. The number of rotatable bonds is 7. The lowest BCUT2D eigenvalue weighted by Crippen LogP contribution is -2.04. The van der Waals surface area contributed by atoms with Gasteiger partial charge in [-0.2, -0.15) is 5.26 Å². The van der Waals surface area contributed by atoms with Gasteiger partial charge in [-0.1, -0.05) is 22.7 Å². The van der Waals surface area contributed by atoms with Gasteiger partial charge in [0, 0.05) is 11.3 Å². The van der Waals surface area contributed by atoms with Crippen LogP contribution in [0.2, 0.25) is 0 Å². The molecule has 1 aromatic carbocycles. The van der Waals surface area contributed by atoms with Gasteiger partial charge < -0.3 is 19.9 Å². The molecule has 134 valence electrons. The maximum absolute atomic E-state index is 9.73. The van der Waals surface area contributed by atoms with E-state index in [2.05, 4.69) is 31.8 Å². The summed E-state index contributed by atoms with van der Waals surface area (Å²) in [6.07, 6.45) is 0. The number of aromatic nitrogens is 4. The van der Waals surface area contributed by atoms with Crippen LogP contribution in [0.25, 0.3) is 0 Å². The highest BCUT2D eigenvalue weighted by Crippen LogP contribution is 2.37. The molecule has 0 fully saturated rings. The average molecular weight is 390 g/mol. The second kappa shape index (κ2) is 8.05. The zero-order chi connectivity index (χ0) is 18.5. The summed E-state index contributed by atoms with van der Waals surface area (Å²) < 4.78 is 10.4. The highest BCUT2D eigenvalue weighted by atomic mass is 32.1. The van der Waals surface area contributed by atoms with Crippen LogP contribution in [0, 0.1) is 11.3 Å². The van der Waals surface area contributed by atoms with E-state index >= 15 is 0 Å². The average Bonchev–Trinajstić information content (AvgIpc) is 3.33. The predicted octanol–water partition coefficient (Wildman–Crippen LogP) is 2.30. The Hall–Kier alpha value is -2.81. The molecule has 0 spiro atoms. The lowest BCUT2D eigenvalue weighted by molar-refractivity contribution is 0.280. The van der Waals surface area contributed by atoms with Crippen molar-refractivity contribution in [2.24, 2.45) is 0 Å². The third-order valence-electron chi connectivity index (χ3n) is 3.39. The number of hydrogen-bond donors (Lipinski definition) is 2. The Labute approximate surface area is 156 Å². The van der Waals surface area contributed by atoms with Crippen LogP contribution in [0.1, 0.15) is 21.5 Å². The SMILES string of the molecule is COc1ccc(Nc2nnc(CO)s2)c(C(C#N)c2nnc(OC)s2)c1. The van der Waals surface area contributed by atoms with Gasteiger partial charge in [0.2, 0.25) is 5.13 Å². The molecular weight excluding hydrogens is 376 g/mol. The molecule has 1 unspecified atom stereocenters. The van der Waals surface area contributed by atoms with Crippen LogP contribution >= 0.6 is 22.7 Å². The molecule has 0 saturated carbocycles. The smallest absolute Gasteiger partial charge is 0.293 e. The molecule has 0 aliphatic rings. The molecule has 0 amide bonds. The van der Waals surface area contributed by atoms with Gasteiger partial charge in [-0.05, 0) is 18.2 Å². The third-order valence-corrected chi connectivity index (χ3v) is 5.16. The van der Waals surface area contributed by atoms with Gasteiger partial charge in [-0.25, -0.2) is 0 Å². The minimum atomic E-state index is -0.667. The first-order valence-corrected chi connectivity index (χ1v) is 8.97. The van der Waals surface area contributed by atoms with Crippen LogP contribution < -0.4 is 14.8 Å². The van der Waals surface area contributed by atoms with Crippen LogP contribution in [0.3, 0.4) is 0 Å². The fourth-order valence-corrected chi connectivity index (χ4v) is 3.52. The summed E-state index contributed by atoms with van der Waals surface area (Å²) in [7, 11) is 3.05. The quantitative estimate of drug-likeness (QED) is 0.625. The molecular formula is C15H14N6O3S2. The van der Waals surface area contributed by atoms with Gasteiger partial charge in [0.05, 0.1) is 26.9 Å². The normalized spacial score (nSPS) is 11.6. The van der Waals surface area contributed by atoms with Crippen LogP contribution in [-0.4, -0.2) is 39.7 Å². The van der Waals surface area contributed by atoms with E-state index in [1.807, 2.05) is 0 Å². The maximum atomic E-state index is 9.73. The highest BCUT2D eigenvalue weighted by Gasteiger charge is 2.23. The molecule has 2 N–H and O–H groups in total. The second-order valence-corrected chi connectivity index (χ2v) is 6.94. The highest BCUT2D eigenvalue weighted by molar-refractivity contribution is 7.15. The van der Waals surface area contributed by atoms with Crippen LogP contribution in [0.5, 0.6) is 10.9 Å². The molecule has 0 radical (unpaired) electrons. The fraction of sp³-hybridized carbons (Fsp3) is 0.267. The molecule has 0 bridgehead atoms. The summed E-state index contributed by atoms with van der Waals surface area (Å²) in [5.74, 6) is -0.0603. The minimum Gasteiger partial charge on any atom is -0.497 e. The molecule has 3 rings (SSSR count). The number of methoxy groups -OCH3 is 2. The number of ether oxygens (including phenoxy) is 2. The Bertz CT molecular complexity index is 936. The number of nitrogens with one attached hydrogen (secondary N) is 1. The van der Waals surface area contributed by atoms with E-state index in [0.29, 0.717) is 37.3 Å². The van der Waals surface area contributed by atoms with Crippen LogP contribution in [-0.2, 0) is 6.61 Å².